The average molecular weight is 468 g/mol. The predicted molar refractivity (Wildman–Crippen MR) is 112 cm³/mol. The quantitative estimate of drug-likeness (QED) is 0.467. The fraction of sp³-hybridized carbons (Fsp3) is 0.182. The fourth-order valence-corrected chi connectivity index (χ4v) is 4.52. The van der Waals surface area contributed by atoms with Gasteiger partial charge in [0.25, 0.3) is 5.60 Å². The van der Waals surface area contributed by atoms with Crippen molar-refractivity contribution in [1.82, 2.24) is 0 Å². The normalized spacial score (nSPS) is 21.1. The van der Waals surface area contributed by atoms with Crippen molar-refractivity contribution in [2.75, 3.05) is 0 Å². The number of benzene rings is 3. The Balaban J connectivity index is 1.91. The first kappa shape index (κ1) is 21.5. The van der Waals surface area contributed by atoms with Crippen LogP contribution in [0.5, 0.6) is 0 Å². The summed E-state index contributed by atoms with van der Waals surface area (Å²) in [6, 6.07) is 13.0. The third-order valence-electron chi connectivity index (χ3n) is 5.45. The van der Waals surface area contributed by atoms with Gasteiger partial charge >= 0.3 is 12.1 Å². The first-order valence-corrected chi connectivity index (χ1v) is 9.86. The molecule has 3 aromatic rings. The maximum atomic E-state index is 14.4. The van der Waals surface area contributed by atoms with Crippen LogP contribution in [0, 0.1) is 5.92 Å². The zero-order valence-electron chi connectivity index (χ0n) is 15.9. The molecule has 0 bridgehead atoms. The summed E-state index contributed by atoms with van der Waals surface area (Å²) in [5, 5.41) is 14.2. The molecule has 3 aromatic carbocycles. The smallest absolute Gasteiger partial charge is 0.436 e. The molecule has 160 valence electrons. The second-order valence-electron chi connectivity index (χ2n) is 7.19. The summed E-state index contributed by atoms with van der Waals surface area (Å²) < 4.78 is 43.3. The number of oxime groups is 1. The maximum Gasteiger partial charge on any atom is 0.436 e. The van der Waals surface area contributed by atoms with Crippen molar-refractivity contribution >= 4 is 45.7 Å². The minimum atomic E-state index is -4.84. The van der Waals surface area contributed by atoms with Gasteiger partial charge in [-0.1, -0.05) is 65.6 Å². The molecule has 2 atom stereocenters. The van der Waals surface area contributed by atoms with Crippen LogP contribution < -0.4 is 0 Å². The molecule has 1 N–H and O–H groups in total. The summed E-state index contributed by atoms with van der Waals surface area (Å²) in [5.41, 5.74) is -2.64. The summed E-state index contributed by atoms with van der Waals surface area (Å²) in [7, 11) is 0. The van der Waals surface area contributed by atoms with E-state index in [9.17, 15) is 23.1 Å². The third kappa shape index (κ3) is 3.32. The number of hydrogen-bond donors (Lipinski definition) is 1. The second-order valence-corrected chi connectivity index (χ2v) is 8.07. The molecule has 4 rings (SSSR count). The number of carboxylic acids is 1. The molecule has 0 saturated carbocycles. The highest BCUT2D eigenvalue weighted by Gasteiger charge is 2.66. The molecule has 0 amide bonds. The van der Waals surface area contributed by atoms with E-state index in [2.05, 4.69) is 5.16 Å². The first-order chi connectivity index (χ1) is 14.6. The summed E-state index contributed by atoms with van der Waals surface area (Å²) in [4.78, 5) is 16.7. The van der Waals surface area contributed by atoms with Gasteiger partial charge in [-0.05, 0) is 35.0 Å². The van der Waals surface area contributed by atoms with Crippen LogP contribution in [0.3, 0.4) is 0 Å². The van der Waals surface area contributed by atoms with Gasteiger partial charge in [0.2, 0.25) is 0 Å². The molecule has 9 heteroatoms. The highest BCUT2D eigenvalue weighted by molar-refractivity contribution is 6.34. The van der Waals surface area contributed by atoms with Crippen molar-refractivity contribution in [3.8, 4) is 0 Å². The van der Waals surface area contributed by atoms with Crippen LogP contribution in [0.15, 0.2) is 59.8 Å². The van der Waals surface area contributed by atoms with Crippen LogP contribution >= 0.6 is 23.2 Å². The molecule has 0 spiro atoms. The summed E-state index contributed by atoms with van der Waals surface area (Å²) in [6.45, 7) is 1.36. The standard InChI is InChI=1S/C22H14Cl2F3NO3/c1-11-19(17-6-7-18(20(29)30)16-5-3-2-4-15(16)17)28-31-21(11,22(25,26)27)12-8-13(23)10-14(24)9-12/h2-11H,1H3,(H,29,30). The van der Waals surface area contributed by atoms with E-state index in [1.165, 1.54) is 25.1 Å². The average Bonchev–Trinajstić information content (AvgIpc) is 3.04. The largest absolute Gasteiger partial charge is 0.478 e. The lowest BCUT2D eigenvalue weighted by atomic mass is 9.77. The Morgan fingerprint density at radius 3 is 2.26 bits per heavy atom. The number of rotatable bonds is 3. The number of alkyl halides is 3. The third-order valence-corrected chi connectivity index (χ3v) is 5.89. The highest BCUT2D eigenvalue weighted by Crippen LogP contribution is 2.53. The van der Waals surface area contributed by atoms with Crippen LogP contribution in [0.4, 0.5) is 13.2 Å². The molecule has 1 heterocycles. The Labute approximate surface area is 184 Å². The summed E-state index contributed by atoms with van der Waals surface area (Å²) in [6.07, 6.45) is -4.84. The SMILES string of the molecule is CC1C(c2ccc(C(=O)O)c3ccccc23)=NOC1(c1cc(Cl)cc(Cl)c1)C(F)(F)F. The van der Waals surface area contributed by atoms with E-state index in [1.807, 2.05) is 0 Å². The zero-order chi connectivity index (χ0) is 22.6. The maximum absolute atomic E-state index is 14.4. The topological polar surface area (TPSA) is 58.9 Å². The number of fused-ring (bicyclic) bond motifs is 1. The lowest BCUT2D eigenvalue weighted by Gasteiger charge is -2.34. The van der Waals surface area contributed by atoms with E-state index in [0.29, 0.717) is 16.3 Å². The van der Waals surface area contributed by atoms with Gasteiger partial charge in [-0.2, -0.15) is 13.2 Å². The molecule has 0 aromatic heterocycles. The lowest BCUT2D eigenvalue weighted by molar-refractivity contribution is -0.287. The monoisotopic (exact) mass is 467 g/mol. The van der Waals surface area contributed by atoms with E-state index in [1.54, 1.807) is 24.3 Å². The Hall–Kier alpha value is -2.77. The van der Waals surface area contributed by atoms with Crippen molar-refractivity contribution < 1.29 is 27.9 Å². The zero-order valence-corrected chi connectivity index (χ0v) is 17.4. The van der Waals surface area contributed by atoms with E-state index >= 15 is 0 Å². The van der Waals surface area contributed by atoms with Crippen LogP contribution in [0.2, 0.25) is 10.0 Å². The van der Waals surface area contributed by atoms with Gasteiger partial charge in [0, 0.05) is 21.2 Å². The Morgan fingerprint density at radius 1 is 1.06 bits per heavy atom. The van der Waals surface area contributed by atoms with E-state index in [4.69, 9.17) is 28.0 Å². The number of nitrogens with zero attached hydrogens (tertiary/aromatic N) is 1. The van der Waals surface area contributed by atoms with Gasteiger partial charge < -0.3 is 9.94 Å². The van der Waals surface area contributed by atoms with Crippen LogP contribution in [0.1, 0.15) is 28.4 Å². The minimum Gasteiger partial charge on any atom is -0.478 e. The molecule has 0 fully saturated rings. The van der Waals surface area contributed by atoms with Gasteiger partial charge in [-0.15, -0.1) is 0 Å². The van der Waals surface area contributed by atoms with Gasteiger partial charge in [0.1, 0.15) is 0 Å². The van der Waals surface area contributed by atoms with E-state index in [-0.39, 0.29) is 26.9 Å². The van der Waals surface area contributed by atoms with Crippen molar-refractivity contribution in [3.05, 3.63) is 81.3 Å². The molecule has 1 aliphatic rings. The molecule has 0 saturated heterocycles. The first-order valence-electron chi connectivity index (χ1n) is 9.11. The van der Waals surface area contributed by atoms with Crippen molar-refractivity contribution in [2.24, 2.45) is 11.1 Å². The van der Waals surface area contributed by atoms with Crippen LogP contribution in [0.25, 0.3) is 10.8 Å². The molecule has 1 aliphatic heterocycles. The summed E-state index contributed by atoms with van der Waals surface area (Å²) in [5.74, 6) is -2.42. The number of carboxylic acid groups (broad SMARTS) is 1. The van der Waals surface area contributed by atoms with E-state index < -0.39 is 23.7 Å². The molecule has 4 nitrogen and oxygen atoms in total. The molecule has 31 heavy (non-hydrogen) atoms. The second kappa shape index (κ2) is 7.43. The number of halogens is 5. The van der Waals surface area contributed by atoms with Gasteiger partial charge in [-0.25, -0.2) is 4.79 Å². The minimum absolute atomic E-state index is 0.0339. The number of hydrogen-bond acceptors (Lipinski definition) is 3. The van der Waals surface area contributed by atoms with Crippen LogP contribution in [-0.4, -0.2) is 23.0 Å². The summed E-state index contributed by atoms with van der Waals surface area (Å²) >= 11 is 11.9. The highest BCUT2D eigenvalue weighted by atomic mass is 35.5. The van der Waals surface area contributed by atoms with Gasteiger partial charge in [0.15, 0.2) is 0 Å². The predicted octanol–water partition coefficient (Wildman–Crippen LogP) is 6.67. The molecule has 0 aliphatic carbocycles. The number of carbonyl (C=O) groups is 1. The van der Waals surface area contributed by atoms with Gasteiger partial charge in [0.05, 0.1) is 17.2 Å². The van der Waals surface area contributed by atoms with Crippen LogP contribution in [-0.2, 0) is 10.4 Å². The Bertz CT molecular complexity index is 1220. The number of aromatic carboxylic acids is 1. The van der Waals surface area contributed by atoms with Crippen molar-refractivity contribution in [2.45, 2.75) is 18.7 Å². The van der Waals surface area contributed by atoms with Crippen molar-refractivity contribution in [3.63, 3.8) is 0 Å². The molecular formula is C22H14Cl2F3NO3. The molecular weight excluding hydrogens is 454 g/mol. The Morgan fingerprint density at radius 2 is 1.68 bits per heavy atom. The fourth-order valence-electron chi connectivity index (χ4n) is 4.00. The Kier molecular flexibility index (Phi) is 5.14. The molecule has 2 unspecified atom stereocenters. The molecule has 0 radical (unpaired) electrons. The van der Waals surface area contributed by atoms with E-state index in [0.717, 1.165) is 12.1 Å². The lowest BCUT2D eigenvalue weighted by Crippen LogP contribution is -2.48. The van der Waals surface area contributed by atoms with Crippen molar-refractivity contribution in [1.29, 1.82) is 0 Å². The van der Waals surface area contributed by atoms with Gasteiger partial charge in [-0.3, -0.25) is 0 Å².